The molecule has 0 unspecified atom stereocenters. The number of para-hydroxylation sites is 3. The molecule has 0 saturated heterocycles. The molecular formula is C23H20N2O4. The van der Waals surface area contributed by atoms with E-state index in [1.807, 2.05) is 49.4 Å². The number of carbonyl (C=O) groups is 2. The molecule has 0 aromatic heterocycles. The highest BCUT2D eigenvalue weighted by Gasteiger charge is 2.27. The maximum atomic E-state index is 13.1. The van der Waals surface area contributed by atoms with Crippen LogP contribution in [0.3, 0.4) is 0 Å². The molecule has 3 aromatic carbocycles. The quantitative estimate of drug-likeness (QED) is 0.700. The van der Waals surface area contributed by atoms with E-state index in [1.54, 1.807) is 35.2 Å². The number of hydrogen-bond acceptors (Lipinski definition) is 4. The molecule has 4 rings (SSSR count). The Morgan fingerprint density at radius 2 is 1.76 bits per heavy atom. The van der Waals surface area contributed by atoms with Crippen LogP contribution in [0.4, 0.5) is 11.4 Å². The van der Waals surface area contributed by atoms with Gasteiger partial charge in [-0.3, -0.25) is 9.59 Å². The van der Waals surface area contributed by atoms with Crippen molar-refractivity contribution in [2.45, 2.75) is 6.92 Å². The molecule has 6 nitrogen and oxygen atoms in total. The minimum absolute atomic E-state index is 0.127. The van der Waals surface area contributed by atoms with Crippen LogP contribution in [0.25, 0.3) is 0 Å². The van der Waals surface area contributed by atoms with E-state index >= 15 is 0 Å². The van der Waals surface area contributed by atoms with Gasteiger partial charge in [-0.25, -0.2) is 0 Å². The van der Waals surface area contributed by atoms with Crippen LogP contribution >= 0.6 is 0 Å². The van der Waals surface area contributed by atoms with E-state index in [0.29, 0.717) is 35.0 Å². The number of nitrogens with zero attached hydrogens (tertiary/aromatic N) is 1. The van der Waals surface area contributed by atoms with Crippen molar-refractivity contribution in [3.8, 4) is 17.2 Å². The van der Waals surface area contributed by atoms with Gasteiger partial charge in [0.15, 0.2) is 12.4 Å². The first kappa shape index (κ1) is 18.6. The van der Waals surface area contributed by atoms with Gasteiger partial charge in [0.2, 0.25) is 0 Å². The van der Waals surface area contributed by atoms with Crippen LogP contribution < -0.4 is 19.7 Å². The summed E-state index contributed by atoms with van der Waals surface area (Å²) < 4.78 is 11.4. The van der Waals surface area contributed by atoms with Crippen molar-refractivity contribution >= 4 is 23.2 Å². The lowest BCUT2D eigenvalue weighted by Crippen LogP contribution is -2.30. The summed E-state index contributed by atoms with van der Waals surface area (Å²) in [4.78, 5) is 27.0. The Hall–Kier alpha value is -3.80. The maximum Gasteiger partial charge on any atom is 0.262 e. The minimum atomic E-state index is -0.313. The number of ether oxygens (including phenoxy) is 2. The van der Waals surface area contributed by atoms with E-state index in [9.17, 15) is 9.59 Å². The molecule has 2 amide bonds. The summed E-state index contributed by atoms with van der Waals surface area (Å²) in [6, 6.07) is 21.6. The molecule has 1 aliphatic rings. The number of nitrogens with one attached hydrogen (secondary N) is 1. The summed E-state index contributed by atoms with van der Waals surface area (Å²) in [7, 11) is 0. The number of benzene rings is 3. The molecule has 0 atom stereocenters. The first-order valence-electron chi connectivity index (χ1n) is 9.36. The largest absolute Gasteiger partial charge is 0.484 e. The number of rotatable bonds is 5. The second kappa shape index (κ2) is 8.06. The standard InChI is InChI=1S/C23H20N2O4/c1-2-25-19-10-6-7-11-21(19)29-20-13-12-16(14-18(20)23(25)27)24-22(26)15-28-17-8-4-3-5-9-17/h3-14H,2,15H2,1H3,(H,24,26). The second-order valence-electron chi connectivity index (χ2n) is 6.48. The normalized spacial score (nSPS) is 12.3. The zero-order valence-electron chi connectivity index (χ0n) is 15.9. The first-order chi connectivity index (χ1) is 14.2. The van der Waals surface area contributed by atoms with Gasteiger partial charge in [-0.15, -0.1) is 0 Å². The van der Waals surface area contributed by atoms with E-state index in [0.717, 1.165) is 5.69 Å². The summed E-state index contributed by atoms with van der Waals surface area (Å²) in [6.45, 7) is 2.28. The third-order valence-electron chi connectivity index (χ3n) is 4.54. The maximum absolute atomic E-state index is 13.1. The van der Waals surface area contributed by atoms with Crippen molar-refractivity contribution in [2.75, 3.05) is 23.4 Å². The zero-order valence-corrected chi connectivity index (χ0v) is 15.9. The van der Waals surface area contributed by atoms with Crippen molar-refractivity contribution in [3.05, 3.63) is 78.4 Å². The minimum Gasteiger partial charge on any atom is -0.484 e. The molecular weight excluding hydrogens is 368 g/mol. The molecule has 0 fully saturated rings. The lowest BCUT2D eigenvalue weighted by molar-refractivity contribution is -0.118. The Kier molecular flexibility index (Phi) is 5.16. The van der Waals surface area contributed by atoms with Crippen LogP contribution in [0.15, 0.2) is 72.8 Å². The highest BCUT2D eigenvalue weighted by Crippen LogP contribution is 2.39. The fraction of sp³-hybridized carbons (Fsp3) is 0.130. The monoisotopic (exact) mass is 388 g/mol. The van der Waals surface area contributed by atoms with Gasteiger partial charge in [0, 0.05) is 12.2 Å². The SMILES string of the molecule is CCN1C(=O)c2cc(NC(=O)COc3ccccc3)ccc2Oc2ccccc21. The van der Waals surface area contributed by atoms with Gasteiger partial charge in [-0.1, -0.05) is 30.3 Å². The van der Waals surface area contributed by atoms with Crippen molar-refractivity contribution in [2.24, 2.45) is 0 Å². The van der Waals surface area contributed by atoms with E-state index in [4.69, 9.17) is 9.47 Å². The van der Waals surface area contributed by atoms with Gasteiger partial charge in [0.25, 0.3) is 11.8 Å². The molecule has 1 aliphatic heterocycles. The predicted molar refractivity (Wildman–Crippen MR) is 111 cm³/mol. The third-order valence-corrected chi connectivity index (χ3v) is 4.54. The molecule has 0 bridgehead atoms. The van der Waals surface area contributed by atoms with Crippen LogP contribution in [-0.2, 0) is 4.79 Å². The Morgan fingerprint density at radius 1 is 1.00 bits per heavy atom. The van der Waals surface area contributed by atoms with Crippen molar-refractivity contribution in [3.63, 3.8) is 0 Å². The fourth-order valence-corrected chi connectivity index (χ4v) is 3.18. The van der Waals surface area contributed by atoms with Crippen molar-refractivity contribution in [1.82, 2.24) is 0 Å². The highest BCUT2D eigenvalue weighted by atomic mass is 16.5. The molecule has 3 aromatic rings. The van der Waals surface area contributed by atoms with E-state index in [1.165, 1.54) is 0 Å². The molecule has 0 spiro atoms. The molecule has 0 saturated carbocycles. The van der Waals surface area contributed by atoms with Gasteiger partial charge < -0.3 is 19.7 Å². The Morgan fingerprint density at radius 3 is 2.55 bits per heavy atom. The third kappa shape index (κ3) is 3.91. The fourth-order valence-electron chi connectivity index (χ4n) is 3.18. The summed E-state index contributed by atoms with van der Waals surface area (Å²) in [6.07, 6.45) is 0. The number of amides is 2. The van der Waals surface area contributed by atoms with Gasteiger partial charge >= 0.3 is 0 Å². The summed E-state index contributed by atoms with van der Waals surface area (Å²) in [5, 5.41) is 2.77. The lowest BCUT2D eigenvalue weighted by atomic mass is 10.1. The van der Waals surface area contributed by atoms with E-state index in [2.05, 4.69) is 5.32 Å². The number of fused-ring (bicyclic) bond motifs is 2. The number of hydrogen-bond donors (Lipinski definition) is 1. The molecule has 29 heavy (non-hydrogen) atoms. The van der Waals surface area contributed by atoms with E-state index in [-0.39, 0.29) is 18.4 Å². The highest BCUT2D eigenvalue weighted by molar-refractivity contribution is 6.10. The van der Waals surface area contributed by atoms with Gasteiger partial charge in [-0.05, 0) is 49.4 Å². The van der Waals surface area contributed by atoms with Crippen LogP contribution in [0.5, 0.6) is 17.2 Å². The van der Waals surface area contributed by atoms with Crippen molar-refractivity contribution in [1.29, 1.82) is 0 Å². The average molecular weight is 388 g/mol. The summed E-state index contributed by atoms with van der Waals surface area (Å²) in [5.41, 5.74) is 1.62. The van der Waals surface area contributed by atoms with E-state index < -0.39 is 0 Å². The number of carbonyl (C=O) groups excluding carboxylic acids is 2. The molecule has 1 heterocycles. The molecule has 0 radical (unpaired) electrons. The first-order valence-corrected chi connectivity index (χ1v) is 9.36. The van der Waals surface area contributed by atoms with Crippen LogP contribution in [0.1, 0.15) is 17.3 Å². The van der Waals surface area contributed by atoms with Gasteiger partial charge in [0.05, 0.1) is 11.3 Å². The Balaban J connectivity index is 1.53. The van der Waals surface area contributed by atoms with Crippen LogP contribution in [-0.4, -0.2) is 25.0 Å². The van der Waals surface area contributed by atoms with Gasteiger partial charge in [0.1, 0.15) is 11.5 Å². The van der Waals surface area contributed by atoms with Gasteiger partial charge in [-0.2, -0.15) is 0 Å². The second-order valence-corrected chi connectivity index (χ2v) is 6.48. The summed E-state index contributed by atoms with van der Waals surface area (Å²) in [5.74, 6) is 1.20. The molecule has 1 N–H and O–H groups in total. The average Bonchev–Trinajstić information content (AvgIpc) is 2.87. The molecule has 146 valence electrons. The topological polar surface area (TPSA) is 67.9 Å². The Labute approximate surface area is 168 Å². The predicted octanol–water partition coefficient (Wildman–Crippen LogP) is 4.48. The Bertz CT molecular complexity index is 1050. The smallest absolute Gasteiger partial charge is 0.262 e. The molecule has 0 aliphatic carbocycles. The van der Waals surface area contributed by atoms with Crippen molar-refractivity contribution < 1.29 is 19.1 Å². The number of anilines is 2. The van der Waals surface area contributed by atoms with Crippen LogP contribution in [0, 0.1) is 0 Å². The summed E-state index contributed by atoms with van der Waals surface area (Å²) >= 11 is 0. The lowest BCUT2D eigenvalue weighted by Gasteiger charge is -2.19. The van der Waals surface area contributed by atoms with Crippen LogP contribution in [0.2, 0.25) is 0 Å². The molecule has 6 heteroatoms. The zero-order chi connectivity index (χ0) is 20.2.